The summed E-state index contributed by atoms with van der Waals surface area (Å²) in [6, 6.07) is 6.25. The van der Waals surface area contributed by atoms with Crippen molar-refractivity contribution in [1.82, 2.24) is 15.1 Å². The second-order valence-corrected chi connectivity index (χ2v) is 7.27. The molecule has 2 fully saturated rings. The van der Waals surface area contributed by atoms with Gasteiger partial charge in [0, 0.05) is 32.2 Å². The van der Waals surface area contributed by atoms with Crippen LogP contribution in [0.5, 0.6) is 5.75 Å². The Hall–Kier alpha value is -1.79. The van der Waals surface area contributed by atoms with Crippen LogP contribution in [0.4, 0.5) is 0 Å². The molecule has 2 saturated heterocycles. The lowest BCUT2D eigenvalue weighted by Crippen LogP contribution is -2.57. The predicted octanol–water partition coefficient (Wildman–Crippen LogP) is 1.92. The molecule has 2 aliphatic rings. The molecule has 2 amide bonds. The monoisotopic (exact) mass is 395 g/mol. The Kier molecular flexibility index (Phi) is 7.92. The quantitative estimate of drug-likeness (QED) is 0.827. The van der Waals surface area contributed by atoms with E-state index in [0.29, 0.717) is 26.1 Å². The first-order chi connectivity index (χ1) is 12.5. The van der Waals surface area contributed by atoms with E-state index in [1.54, 1.807) is 0 Å². The number of nitrogens with zero attached hydrogens (tertiary/aromatic N) is 2. The minimum atomic E-state index is 0. The van der Waals surface area contributed by atoms with Crippen LogP contribution in [0.15, 0.2) is 18.2 Å². The Balaban J connectivity index is 0.00000261. The van der Waals surface area contributed by atoms with Crippen molar-refractivity contribution in [3.63, 3.8) is 0 Å². The van der Waals surface area contributed by atoms with Gasteiger partial charge in [-0.25, -0.2) is 0 Å². The Morgan fingerprint density at radius 3 is 2.89 bits per heavy atom. The largest absolute Gasteiger partial charge is 0.493 e. The molecular formula is C20H30ClN3O3. The van der Waals surface area contributed by atoms with Gasteiger partial charge in [0.25, 0.3) is 0 Å². The van der Waals surface area contributed by atoms with Crippen molar-refractivity contribution in [2.75, 3.05) is 39.3 Å². The molecule has 2 heterocycles. The number of aryl methyl sites for hydroxylation is 2. The number of ether oxygens (including phenoxy) is 1. The van der Waals surface area contributed by atoms with E-state index in [4.69, 9.17) is 4.74 Å². The van der Waals surface area contributed by atoms with Crippen LogP contribution in [0.3, 0.4) is 0 Å². The fourth-order valence-electron chi connectivity index (χ4n) is 3.71. The molecule has 7 heteroatoms. The van der Waals surface area contributed by atoms with E-state index < -0.39 is 0 Å². The normalized spacial score (nSPS) is 20.2. The van der Waals surface area contributed by atoms with E-state index in [1.807, 2.05) is 35.8 Å². The number of piperazine rings is 1. The SMILES string of the molecule is Cc1ccc(C)c(OCCC(=O)N2CCCC(N3CCNCC3=O)C2)c1.Cl. The van der Waals surface area contributed by atoms with Crippen LogP contribution in [-0.2, 0) is 9.59 Å². The van der Waals surface area contributed by atoms with Crippen molar-refractivity contribution in [2.45, 2.75) is 39.2 Å². The van der Waals surface area contributed by atoms with Gasteiger partial charge < -0.3 is 19.9 Å². The fourth-order valence-corrected chi connectivity index (χ4v) is 3.71. The van der Waals surface area contributed by atoms with Gasteiger partial charge in [0.05, 0.1) is 19.6 Å². The maximum Gasteiger partial charge on any atom is 0.236 e. The van der Waals surface area contributed by atoms with Gasteiger partial charge in [-0.3, -0.25) is 9.59 Å². The van der Waals surface area contributed by atoms with Crippen molar-refractivity contribution < 1.29 is 14.3 Å². The van der Waals surface area contributed by atoms with Gasteiger partial charge in [0.1, 0.15) is 5.75 Å². The van der Waals surface area contributed by atoms with Crippen LogP contribution in [-0.4, -0.2) is 67.0 Å². The Morgan fingerprint density at radius 1 is 1.30 bits per heavy atom. The van der Waals surface area contributed by atoms with E-state index >= 15 is 0 Å². The van der Waals surface area contributed by atoms with Gasteiger partial charge in [-0.1, -0.05) is 12.1 Å². The summed E-state index contributed by atoms with van der Waals surface area (Å²) >= 11 is 0. The molecule has 0 spiro atoms. The molecule has 27 heavy (non-hydrogen) atoms. The highest BCUT2D eigenvalue weighted by Crippen LogP contribution is 2.20. The summed E-state index contributed by atoms with van der Waals surface area (Å²) in [5.74, 6) is 1.11. The lowest BCUT2D eigenvalue weighted by Gasteiger charge is -2.41. The lowest BCUT2D eigenvalue weighted by atomic mass is 10.0. The fraction of sp³-hybridized carbons (Fsp3) is 0.600. The maximum absolute atomic E-state index is 12.6. The number of rotatable bonds is 5. The number of piperidine rings is 1. The Bertz CT molecular complexity index is 668. The number of hydrogen-bond donors (Lipinski definition) is 1. The van der Waals surface area contributed by atoms with Gasteiger partial charge in [-0.15, -0.1) is 12.4 Å². The summed E-state index contributed by atoms with van der Waals surface area (Å²) in [4.78, 5) is 28.5. The summed E-state index contributed by atoms with van der Waals surface area (Å²) in [5, 5.41) is 3.10. The standard InChI is InChI=1S/C20H29N3O3.ClH/c1-15-5-6-16(2)18(12-15)26-11-7-19(24)22-9-3-4-17(14-22)23-10-8-21-13-20(23)25;/h5-6,12,17,21H,3-4,7-11,13-14H2,1-2H3;1H. The third-order valence-electron chi connectivity index (χ3n) is 5.23. The van der Waals surface area contributed by atoms with Crippen LogP contribution in [0.2, 0.25) is 0 Å². The van der Waals surface area contributed by atoms with Crippen molar-refractivity contribution in [3.8, 4) is 5.75 Å². The Morgan fingerprint density at radius 2 is 2.11 bits per heavy atom. The first-order valence-electron chi connectivity index (χ1n) is 9.52. The number of carbonyl (C=O) groups excluding carboxylic acids is 2. The molecule has 0 aliphatic carbocycles. The molecule has 1 unspecified atom stereocenters. The van der Waals surface area contributed by atoms with Crippen LogP contribution in [0, 0.1) is 13.8 Å². The molecular weight excluding hydrogens is 366 g/mol. The van der Waals surface area contributed by atoms with E-state index in [2.05, 4.69) is 11.4 Å². The molecule has 0 radical (unpaired) electrons. The molecule has 3 rings (SSSR count). The van der Waals surface area contributed by atoms with Gasteiger partial charge in [0.15, 0.2) is 0 Å². The van der Waals surface area contributed by atoms with Gasteiger partial charge in [0.2, 0.25) is 11.8 Å². The molecule has 1 aromatic rings. The number of amides is 2. The lowest BCUT2D eigenvalue weighted by molar-refractivity contribution is -0.140. The van der Waals surface area contributed by atoms with Crippen LogP contribution in [0.25, 0.3) is 0 Å². The zero-order valence-electron chi connectivity index (χ0n) is 16.2. The van der Waals surface area contributed by atoms with Crippen molar-refractivity contribution in [3.05, 3.63) is 29.3 Å². The topological polar surface area (TPSA) is 61.9 Å². The van der Waals surface area contributed by atoms with Crippen LogP contribution in [0.1, 0.15) is 30.4 Å². The van der Waals surface area contributed by atoms with E-state index in [0.717, 1.165) is 49.4 Å². The summed E-state index contributed by atoms with van der Waals surface area (Å²) < 4.78 is 5.82. The Labute approximate surface area is 167 Å². The highest BCUT2D eigenvalue weighted by Gasteiger charge is 2.31. The molecule has 1 atom stereocenters. The van der Waals surface area contributed by atoms with Gasteiger partial charge in [-0.2, -0.15) is 0 Å². The number of halogens is 1. The zero-order chi connectivity index (χ0) is 18.5. The first kappa shape index (κ1) is 21.5. The summed E-state index contributed by atoms with van der Waals surface area (Å²) in [6.07, 6.45) is 2.30. The van der Waals surface area contributed by atoms with Gasteiger partial charge >= 0.3 is 0 Å². The highest BCUT2D eigenvalue weighted by atomic mass is 35.5. The number of benzene rings is 1. The highest BCUT2D eigenvalue weighted by molar-refractivity contribution is 5.85. The molecule has 1 aromatic carbocycles. The smallest absolute Gasteiger partial charge is 0.236 e. The minimum Gasteiger partial charge on any atom is -0.493 e. The molecule has 0 aromatic heterocycles. The predicted molar refractivity (Wildman–Crippen MR) is 107 cm³/mol. The third-order valence-corrected chi connectivity index (χ3v) is 5.23. The number of carbonyl (C=O) groups is 2. The average Bonchev–Trinajstić information content (AvgIpc) is 2.65. The molecule has 6 nitrogen and oxygen atoms in total. The van der Waals surface area contributed by atoms with Crippen LogP contribution >= 0.6 is 12.4 Å². The summed E-state index contributed by atoms with van der Waals surface area (Å²) in [7, 11) is 0. The summed E-state index contributed by atoms with van der Waals surface area (Å²) in [5.41, 5.74) is 2.23. The van der Waals surface area contributed by atoms with E-state index in [-0.39, 0.29) is 30.3 Å². The zero-order valence-corrected chi connectivity index (χ0v) is 17.0. The second-order valence-electron chi connectivity index (χ2n) is 7.27. The first-order valence-corrected chi connectivity index (χ1v) is 9.52. The maximum atomic E-state index is 12.6. The molecule has 1 N–H and O–H groups in total. The van der Waals surface area contributed by atoms with Crippen molar-refractivity contribution in [1.29, 1.82) is 0 Å². The second kappa shape index (κ2) is 9.95. The number of hydrogen-bond acceptors (Lipinski definition) is 4. The average molecular weight is 396 g/mol. The van der Waals surface area contributed by atoms with E-state index in [9.17, 15) is 9.59 Å². The number of likely N-dealkylation sites (tertiary alicyclic amines) is 1. The van der Waals surface area contributed by atoms with Crippen molar-refractivity contribution >= 4 is 24.2 Å². The molecule has 150 valence electrons. The van der Waals surface area contributed by atoms with E-state index in [1.165, 1.54) is 0 Å². The number of nitrogens with one attached hydrogen (secondary N) is 1. The summed E-state index contributed by atoms with van der Waals surface area (Å²) in [6.45, 7) is 7.83. The minimum absolute atomic E-state index is 0. The third kappa shape index (κ3) is 5.59. The molecule has 0 bridgehead atoms. The van der Waals surface area contributed by atoms with Crippen LogP contribution < -0.4 is 10.1 Å². The van der Waals surface area contributed by atoms with Crippen molar-refractivity contribution in [2.24, 2.45) is 0 Å². The molecule has 0 saturated carbocycles. The molecule has 2 aliphatic heterocycles. The van der Waals surface area contributed by atoms with Gasteiger partial charge in [-0.05, 0) is 43.9 Å².